The van der Waals surface area contributed by atoms with Crippen LogP contribution in [0.5, 0.6) is 0 Å². The number of aryl methyl sites for hydroxylation is 1. The minimum atomic E-state index is -0.130. The molecule has 4 nitrogen and oxygen atoms in total. The van der Waals surface area contributed by atoms with E-state index in [2.05, 4.69) is 30.3 Å². The molecule has 0 aliphatic heterocycles. The van der Waals surface area contributed by atoms with Gasteiger partial charge < -0.3 is 5.32 Å². The molecular weight excluding hydrogens is 262 g/mol. The van der Waals surface area contributed by atoms with Crippen LogP contribution in [0.25, 0.3) is 6.08 Å². The molecule has 0 saturated carbocycles. The van der Waals surface area contributed by atoms with Crippen molar-refractivity contribution in [1.82, 2.24) is 9.78 Å². The summed E-state index contributed by atoms with van der Waals surface area (Å²) < 4.78 is 1.70. The summed E-state index contributed by atoms with van der Waals surface area (Å²) in [6, 6.07) is 7.95. The number of anilines is 1. The molecule has 1 heterocycles. The molecule has 2 rings (SSSR count). The van der Waals surface area contributed by atoms with Crippen molar-refractivity contribution in [3.63, 3.8) is 0 Å². The van der Waals surface area contributed by atoms with Crippen LogP contribution in [-0.2, 0) is 11.8 Å². The molecule has 1 aromatic carbocycles. The first-order valence-corrected chi connectivity index (χ1v) is 7.16. The molecule has 0 spiro atoms. The largest absolute Gasteiger partial charge is 0.322 e. The van der Waals surface area contributed by atoms with E-state index in [0.29, 0.717) is 5.92 Å². The van der Waals surface area contributed by atoms with E-state index in [1.165, 1.54) is 11.6 Å². The van der Waals surface area contributed by atoms with Gasteiger partial charge in [-0.2, -0.15) is 5.10 Å². The summed E-state index contributed by atoms with van der Waals surface area (Å²) in [5.41, 5.74) is 2.96. The fourth-order valence-electron chi connectivity index (χ4n) is 2.13. The fraction of sp³-hybridized carbons (Fsp3) is 0.294. The van der Waals surface area contributed by atoms with Crippen molar-refractivity contribution >= 4 is 17.7 Å². The SMILES string of the molecule is CCC(C)c1ccccc1NC(=O)C=Cc1cnn(C)c1. The molecule has 1 unspecified atom stereocenters. The van der Waals surface area contributed by atoms with E-state index >= 15 is 0 Å². The van der Waals surface area contributed by atoms with Gasteiger partial charge in [-0.3, -0.25) is 9.48 Å². The van der Waals surface area contributed by atoms with Crippen LogP contribution in [0, 0.1) is 0 Å². The van der Waals surface area contributed by atoms with E-state index in [1.807, 2.05) is 31.4 Å². The van der Waals surface area contributed by atoms with Gasteiger partial charge in [0.25, 0.3) is 0 Å². The lowest BCUT2D eigenvalue weighted by molar-refractivity contribution is -0.111. The quantitative estimate of drug-likeness (QED) is 0.852. The highest BCUT2D eigenvalue weighted by Crippen LogP contribution is 2.26. The zero-order valence-electron chi connectivity index (χ0n) is 12.7. The highest BCUT2D eigenvalue weighted by Gasteiger charge is 2.09. The highest BCUT2D eigenvalue weighted by molar-refractivity contribution is 6.02. The maximum atomic E-state index is 12.0. The van der Waals surface area contributed by atoms with Gasteiger partial charge in [-0.25, -0.2) is 0 Å². The van der Waals surface area contributed by atoms with Crippen molar-refractivity contribution in [2.45, 2.75) is 26.2 Å². The predicted molar refractivity (Wildman–Crippen MR) is 86.0 cm³/mol. The topological polar surface area (TPSA) is 46.9 Å². The Labute approximate surface area is 125 Å². The number of nitrogens with one attached hydrogen (secondary N) is 1. The van der Waals surface area contributed by atoms with Crippen molar-refractivity contribution in [3.8, 4) is 0 Å². The molecule has 0 radical (unpaired) electrons. The molecule has 0 aliphatic rings. The zero-order chi connectivity index (χ0) is 15.2. The summed E-state index contributed by atoms with van der Waals surface area (Å²) in [5.74, 6) is 0.290. The first kappa shape index (κ1) is 15.0. The number of para-hydroxylation sites is 1. The Bertz CT molecular complexity index is 643. The average molecular weight is 283 g/mol. The first-order chi connectivity index (χ1) is 10.1. The summed E-state index contributed by atoms with van der Waals surface area (Å²) >= 11 is 0. The molecular formula is C17H21N3O. The smallest absolute Gasteiger partial charge is 0.248 e. The normalized spacial score (nSPS) is 12.5. The number of nitrogens with zero attached hydrogens (tertiary/aromatic N) is 2. The molecule has 110 valence electrons. The van der Waals surface area contributed by atoms with E-state index in [1.54, 1.807) is 17.0 Å². The Hall–Kier alpha value is -2.36. The minimum Gasteiger partial charge on any atom is -0.322 e. The van der Waals surface area contributed by atoms with Crippen LogP contribution < -0.4 is 5.32 Å². The lowest BCUT2D eigenvalue weighted by atomic mass is 9.97. The lowest BCUT2D eigenvalue weighted by Crippen LogP contribution is -2.10. The zero-order valence-corrected chi connectivity index (χ0v) is 12.7. The van der Waals surface area contributed by atoms with Gasteiger partial charge in [0.05, 0.1) is 6.20 Å². The van der Waals surface area contributed by atoms with E-state index in [-0.39, 0.29) is 5.91 Å². The monoisotopic (exact) mass is 283 g/mol. The number of carbonyl (C=O) groups is 1. The second-order valence-corrected chi connectivity index (χ2v) is 5.17. The van der Waals surface area contributed by atoms with Crippen LogP contribution in [0.3, 0.4) is 0 Å². The summed E-state index contributed by atoms with van der Waals surface area (Å²) in [4.78, 5) is 12.0. The van der Waals surface area contributed by atoms with Crippen LogP contribution in [0.1, 0.15) is 37.3 Å². The fourth-order valence-corrected chi connectivity index (χ4v) is 2.13. The Morgan fingerprint density at radius 1 is 1.43 bits per heavy atom. The van der Waals surface area contributed by atoms with E-state index in [4.69, 9.17) is 0 Å². The number of amides is 1. The number of hydrogen-bond acceptors (Lipinski definition) is 2. The Kier molecular flexibility index (Phi) is 4.93. The maximum absolute atomic E-state index is 12.0. The molecule has 1 N–H and O–H groups in total. The van der Waals surface area contributed by atoms with E-state index in [0.717, 1.165) is 17.7 Å². The van der Waals surface area contributed by atoms with Crippen LogP contribution in [-0.4, -0.2) is 15.7 Å². The van der Waals surface area contributed by atoms with Crippen molar-refractivity contribution in [3.05, 3.63) is 53.9 Å². The van der Waals surface area contributed by atoms with Crippen LogP contribution in [0.2, 0.25) is 0 Å². The van der Waals surface area contributed by atoms with Gasteiger partial charge in [-0.1, -0.05) is 32.0 Å². The van der Waals surface area contributed by atoms with Crippen LogP contribution in [0.15, 0.2) is 42.7 Å². The number of hydrogen-bond donors (Lipinski definition) is 1. The van der Waals surface area contributed by atoms with Gasteiger partial charge in [0.15, 0.2) is 0 Å². The second-order valence-electron chi connectivity index (χ2n) is 5.17. The molecule has 2 aromatic rings. The second kappa shape index (κ2) is 6.88. The van der Waals surface area contributed by atoms with Crippen LogP contribution >= 0.6 is 0 Å². The van der Waals surface area contributed by atoms with Crippen molar-refractivity contribution < 1.29 is 4.79 Å². The Balaban J connectivity index is 2.08. The summed E-state index contributed by atoms with van der Waals surface area (Å²) in [6.07, 6.45) is 7.91. The lowest BCUT2D eigenvalue weighted by Gasteiger charge is -2.14. The average Bonchev–Trinajstić information content (AvgIpc) is 2.90. The molecule has 0 saturated heterocycles. The third kappa shape index (κ3) is 4.05. The van der Waals surface area contributed by atoms with E-state index in [9.17, 15) is 4.79 Å². The summed E-state index contributed by atoms with van der Waals surface area (Å²) in [6.45, 7) is 4.31. The molecule has 21 heavy (non-hydrogen) atoms. The molecule has 4 heteroatoms. The van der Waals surface area contributed by atoms with Gasteiger partial charge in [-0.15, -0.1) is 0 Å². The third-order valence-corrected chi connectivity index (χ3v) is 3.51. The molecule has 1 aromatic heterocycles. The van der Waals surface area contributed by atoms with Gasteiger partial charge in [0.2, 0.25) is 5.91 Å². The number of benzene rings is 1. The number of aromatic nitrogens is 2. The summed E-state index contributed by atoms with van der Waals surface area (Å²) in [7, 11) is 1.85. The van der Waals surface area contributed by atoms with Crippen molar-refractivity contribution in [2.75, 3.05) is 5.32 Å². The van der Waals surface area contributed by atoms with Gasteiger partial charge in [0.1, 0.15) is 0 Å². The van der Waals surface area contributed by atoms with Crippen molar-refractivity contribution in [2.24, 2.45) is 7.05 Å². The molecule has 0 aliphatic carbocycles. The molecule has 1 amide bonds. The molecule has 0 bridgehead atoms. The predicted octanol–water partition coefficient (Wildman–Crippen LogP) is 3.59. The minimum absolute atomic E-state index is 0.130. The molecule has 0 fully saturated rings. The Morgan fingerprint density at radius 2 is 2.19 bits per heavy atom. The molecule has 1 atom stereocenters. The van der Waals surface area contributed by atoms with Crippen LogP contribution in [0.4, 0.5) is 5.69 Å². The first-order valence-electron chi connectivity index (χ1n) is 7.16. The van der Waals surface area contributed by atoms with Crippen molar-refractivity contribution in [1.29, 1.82) is 0 Å². The van der Waals surface area contributed by atoms with Gasteiger partial charge in [0, 0.05) is 30.6 Å². The number of rotatable bonds is 5. The maximum Gasteiger partial charge on any atom is 0.248 e. The van der Waals surface area contributed by atoms with Gasteiger partial charge >= 0.3 is 0 Å². The third-order valence-electron chi connectivity index (χ3n) is 3.51. The van der Waals surface area contributed by atoms with E-state index < -0.39 is 0 Å². The Morgan fingerprint density at radius 3 is 2.86 bits per heavy atom. The standard InChI is InChI=1S/C17H21N3O/c1-4-13(2)15-7-5-6-8-16(15)19-17(21)10-9-14-11-18-20(3)12-14/h5-13H,4H2,1-3H3,(H,19,21). The highest BCUT2D eigenvalue weighted by atomic mass is 16.1. The number of carbonyl (C=O) groups excluding carboxylic acids is 1. The van der Waals surface area contributed by atoms with Gasteiger partial charge in [-0.05, 0) is 30.0 Å². The summed E-state index contributed by atoms with van der Waals surface area (Å²) in [5, 5.41) is 7.01.